The molecule has 19 heavy (non-hydrogen) atoms. The van der Waals surface area contributed by atoms with Gasteiger partial charge in [0.25, 0.3) is 0 Å². The molecular formula is C15H18N2O2. The number of aliphatic hydroxyl groups excluding tert-OH is 1. The van der Waals surface area contributed by atoms with Crippen LogP contribution < -0.4 is 5.32 Å². The molecule has 0 radical (unpaired) electrons. The molecule has 0 aromatic heterocycles. The Morgan fingerprint density at radius 2 is 2.00 bits per heavy atom. The first-order valence-electron chi connectivity index (χ1n) is 6.03. The SMILES string of the molecule is CC(O)C(C)(C)NC(=O)/C=C/c1ccc(C#N)cc1. The minimum absolute atomic E-state index is 0.268. The molecule has 0 heterocycles. The van der Waals surface area contributed by atoms with Crippen LogP contribution in [0.4, 0.5) is 0 Å². The standard InChI is InChI=1S/C15H18N2O2/c1-11(18)15(2,3)17-14(19)9-8-12-4-6-13(10-16)7-5-12/h4-9,11,18H,1-3H3,(H,17,19)/b9-8+. The molecule has 0 bridgehead atoms. The molecule has 0 fully saturated rings. The molecule has 0 aliphatic rings. The minimum Gasteiger partial charge on any atom is -0.391 e. The highest BCUT2D eigenvalue weighted by molar-refractivity contribution is 5.92. The molecule has 1 atom stereocenters. The van der Waals surface area contributed by atoms with Gasteiger partial charge in [0.2, 0.25) is 5.91 Å². The lowest BCUT2D eigenvalue weighted by Crippen LogP contribution is -2.50. The van der Waals surface area contributed by atoms with Crippen LogP contribution in [0.5, 0.6) is 0 Å². The maximum absolute atomic E-state index is 11.7. The molecule has 0 saturated carbocycles. The van der Waals surface area contributed by atoms with Crippen LogP contribution in [0.25, 0.3) is 6.08 Å². The van der Waals surface area contributed by atoms with Crippen molar-refractivity contribution in [2.24, 2.45) is 0 Å². The summed E-state index contributed by atoms with van der Waals surface area (Å²) >= 11 is 0. The van der Waals surface area contributed by atoms with Gasteiger partial charge in [0, 0.05) is 6.08 Å². The Labute approximate surface area is 113 Å². The van der Waals surface area contributed by atoms with Gasteiger partial charge in [-0.3, -0.25) is 4.79 Å². The smallest absolute Gasteiger partial charge is 0.244 e. The normalized spacial score (nSPS) is 13.0. The Hall–Kier alpha value is -2.12. The first-order chi connectivity index (χ1) is 8.85. The molecule has 100 valence electrons. The summed E-state index contributed by atoms with van der Waals surface area (Å²) in [6.45, 7) is 5.14. The van der Waals surface area contributed by atoms with E-state index in [1.807, 2.05) is 6.07 Å². The highest BCUT2D eigenvalue weighted by Gasteiger charge is 2.24. The summed E-state index contributed by atoms with van der Waals surface area (Å²) in [6.07, 6.45) is 2.43. The number of carbonyl (C=O) groups excluding carboxylic acids is 1. The van der Waals surface area contributed by atoms with E-state index in [-0.39, 0.29) is 5.91 Å². The zero-order valence-corrected chi connectivity index (χ0v) is 11.3. The highest BCUT2D eigenvalue weighted by atomic mass is 16.3. The van der Waals surface area contributed by atoms with Crippen molar-refractivity contribution in [2.75, 3.05) is 0 Å². The summed E-state index contributed by atoms with van der Waals surface area (Å²) in [5.74, 6) is -0.268. The Bertz CT molecular complexity index is 508. The summed E-state index contributed by atoms with van der Waals surface area (Å²) in [6, 6.07) is 8.95. The monoisotopic (exact) mass is 258 g/mol. The van der Waals surface area contributed by atoms with Gasteiger partial charge >= 0.3 is 0 Å². The summed E-state index contributed by atoms with van der Waals surface area (Å²) in [7, 11) is 0. The van der Waals surface area contributed by atoms with Crippen molar-refractivity contribution in [2.45, 2.75) is 32.4 Å². The van der Waals surface area contributed by atoms with E-state index < -0.39 is 11.6 Å². The van der Waals surface area contributed by atoms with Crippen molar-refractivity contribution in [3.8, 4) is 6.07 Å². The Kier molecular flexibility index (Phi) is 4.85. The summed E-state index contributed by atoms with van der Waals surface area (Å²) in [5, 5.41) is 20.9. The van der Waals surface area contributed by atoms with Crippen LogP contribution in [0.15, 0.2) is 30.3 Å². The predicted molar refractivity (Wildman–Crippen MR) is 74.1 cm³/mol. The molecule has 0 aliphatic heterocycles. The van der Waals surface area contributed by atoms with E-state index in [2.05, 4.69) is 5.32 Å². The number of nitrogens with one attached hydrogen (secondary N) is 1. The second-order valence-electron chi connectivity index (χ2n) is 4.95. The largest absolute Gasteiger partial charge is 0.391 e. The second-order valence-corrected chi connectivity index (χ2v) is 4.95. The van der Waals surface area contributed by atoms with Crippen LogP contribution in [-0.4, -0.2) is 22.7 Å². The number of aliphatic hydroxyl groups is 1. The van der Waals surface area contributed by atoms with E-state index in [0.29, 0.717) is 5.56 Å². The Morgan fingerprint density at radius 1 is 1.42 bits per heavy atom. The molecular weight excluding hydrogens is 240 g/mol. The Morgan fingerprint density at radius 3 is 2.47 bits per heavy atom. The van der Waals surface area contributed by atoms with Crippen LogP contribution in [0.1, 0.15) is 31.9 Å². The number of benzene rings is 1. The van der Waals surface area contributed by atoms with Crippen LogP contribution in [0.2, 0.25) is 0 Å². The molecule has 4 nitrogen and oxygen atoms in total. The van der Waals surface area contributed by atoms with Crippen molar-refractivity contribution in [1.82, 2.24) is 5.32 Å². The van der Waals surface area contributed by atoms with Crippen molar-refractivity contribution < 1.29 is 9.90 Å². The summed E-state index contributed by atoms with van der Waals surface area (Å²) in [5.41, 5.74) is 0.743. The number of carbonyl (C=O) groups is 1. The van der Waals surface area contributed by atoms with Crippen LogP contribution in [-0.2, 0) is 4.79 Å². The van der Waals surface area contributed by atoms with Crippen LogP contribution >= 0.6 is 0 Å². The molecule has 2 N–H and O–H groups in total. The maximum Gasteiger partial charge on any atom is 0.244 e. The molecule has 0 saturated heterocycles. The van der Waals surface area contributed by atoms with E-state index in [1.54, 1.807) is 51.1 Å². The van der Waals surface area contributed by atoms with Crippen molar-refractivity contribution in [1.29, 1.82) is 5.26 Å². The first kappa shape index (κ1) is 14.9. The van der Waals surface area contributed by atoms with Gasteiger partial charge in [0.1, 0.15) is 0 Å². The number of nitriles is 1. The number of hydrogen-bond acceptors (Lipinski definition) is 3. The summed E-state index contributed by atoms with van der Waals surface area (Å²) < 4.78 is 0. The molecule has 0 spiro atoms. The molecule has 1 amide bonds. The lowest BCUT2D eigenvalue weighted by atomic mass is 9.99. The number of rotatable bonds is 4. The van der Waals surface area contributed by atoms with E-state index in [0.717, 1.165) is 5.56 Å². The van der Waals surface area contributed by atoms with Gasteiger partial charge in [0.05, 0.1) is 23.3 Å². The van der Waals surface area contributed by atoms with Gasteiger partial charge in [-0.1, -0.05) is 12.1 Å². The van der Waals surface area contributed by atoms with Gasteiger partial charge < -0.3 is 10.4 Å². The zero-order chi connectivity index (χ0) is 14.5. The molecule has 1 unspecified atom stereocenters. The van der Waals surface area contributed by atoms with Gasteiger partial charge in [0.15, 0.2) is 0 Å². The van der Waals surface area contributed by atoms with E-state index in [4.69, 9.17) is 5.26 Å². The molecule has 1 aromatic rings. The van der Waals surface area contributed by atoms with Crippen molar-refractivity contribution >= 4 is 12.0 Å². The average molecular weight is 258 g/mol. The Balaban J connectivity index is 2.66. The average Bonchev–Trinajstić information content (AvgIpc) is 2.36. The minimum atomic E-state index is -0.675. The summed E-state index contributed by atoms with van der Waals surface area (Å²) in [4.78, 5) is 11.7. The fourth-order valence-electron chi connectivity index (χ4n) is 1.30. The fourth-order valence-corrected chi connectivity index (χ4v) is 1.30. The van der Waals surface area contributed by atoms with Crippen molar-refractivity contribution in [3.63, 3.8) is 0 Å². The number of nitrogens with zero attached hydrogens (tertiary/aromatic N) is 1. The quantitative estimate of drug-likeness (QED) is 0.809. The zero-order valence-electron chi connectivity index (χ0n) is 11.3. The predicted octanol–water partition coefficient (Wildman–Crippen LogP) is 1.85. The van der Waals surface area contributed by atoms with Gasteiger partial charge in [-0.05, 0) is 44.5 Å². The third kappa shape index (κ3) is 4.57. The van der Waals surface area contributed by atoms with Gasteiger partial charge in [-0.25, -0.2) is 0 Å². The first-order valence-corrected chi connectivity index (χ1v) is 6.03. The van der Waals surface area contributed by atoms with Crippen LogP contribution in [0, 0.1) is 11.3 Å². The number of amides is 1. The third-order valence-electron chi connectivity index (χ3n) is 2.96. The second kappa shape index (κ2) is 6.17. The van der Waals surface area contributed by atoms with E-state index in [1.165, 1.54) is 6.08 Å². The lowest BCUT2D eigenvalue weighted by molar-refractivity contribution is -0.119. The van der Waals surface area contributed by atoms with Gasteiger partial charge in [-0.15, -0.1) is 0 Å². The molecule has 1 rings (SSSR count). The van der Waals surface area contributed by atoms with E-state index in [9.17, 15) is 9.90 Å². The van der Waals surface area contributed by atoms with Crippen LogP contribution in [0.3, 0.4) is 0 Å². The topological polar surface area (TPSA) is 73.1 Å². The third-order valence-corrected chi connectivity index (χ3v) is 2.96. The molecule has 0 aliphatic carbocycles. The highest BCUT2D eigenvalue weighted by Crippen LogP contribution is 2.09. The van der Waals surface area contributed by atoms with Gasteiger partial charge in [-0.2, -0.15) is 5.26 Å². The molecule has 4 heteroatoms. The maximum atomic E-state index is 11.7. The fraction of sp³-hybridized carbons (Fsp3) is 0.333. The van der Waals surface area contributed by atoms with Crippen molar-refractivity contribution in [3.05, 3.63) is 41.5 Å². The lowest BCUT2D eigenvalue weighted by Gasteiger charge is -2.28. The molecule has 1 aromatic carbocycles. The van der Waals surface area contributed by atoms with E-state index >= 15 is 0 Å². The number of hydrogen-bond donors (Lipinski definition) is 2.